The average Bonchev–Trinajstić information content (AvgIpc) is 3.10. The molecule has 3 rings (SSSR count). The van der Waals surface area contributed by atoms with E-state index in [2.05, 4.69) is 9.97 Å². The van der Waals surface area contributed by atoms with Gasteiger partial charge < -0.3 is 15.5 Å². The third-order valence-electron chi connectivity index (χ3n) is 5.31. The van der Waals surface area contributed by atoms with Crippen LogP contribution in [0.3, 0.4) is 0 Å². The lowest BCUT2D eigenvalue weighted by Crippen LogP contribution is -2.49. The van der Waals surface area contributed by atoms with E-state index < -0.39 is 25.9 Å². The number of nitrogens with two attached hydrogens (primary N) is 1. The van der Waals surface area contributed by atoms with E-state index in [1.165, 1.54) is 0 Å². The van der Waals surface area contributed by atoms with Gasteiger partial charge in [-0.25, -0.2) is 13.4 Å². The van der Waals surface area contributed by atoms with Gasteiger partial charge in [-0.1, -0.05) is 19.9 Å². The van der Waals surface area contributed by atoms with Gasteiger partial charge in [0.2, 0.25) is 0 Å². The van der Waals surface area contributed by atoms with E-state index in [0.29, 0.717) is 0 Å². The summed E-state index contributed by atoms with van der Waals surface area (Å²) in [6.45, 7) is 7.04. The Hall–Kier alpha value is -2.38. The van der Waals surface area contributed by atoms with Crippen molar-refractivity contribution in [2.75, 3.05) is 7.11 Å². The van der Waals surface area contributed by atoms with Crippen molar-refractivity contribution >= 4 is 20.9 Å². The second kappa shape index (κ2) is 7.22. The third kappa shape index (κ3) is 3.52. The van der Waals surface area contributed by atoms with Crippen molar-refractivity contribution in [3.05, 3.63) is 48.0 Å². The van der Waals surface area contributed by atoms with E-state index >= 15 is 0 Å². The minimum Gasteiger partial charge on any atom is -0.497 e. The number of nitrogens with zero attached hydrogens (tertiary/aromatic N) is 1. The van der Waals surface area contributed by atoms with Gasteiger partial charge >= 0.3 is 0 Å². The minimum atomic E-state index is -3.44. The van der Waals surface area contributed by atoms with Gasteiger partial charge in [-0.3, -0.25) is 0 Å². The van der Waals surface area contributed by atoms with Gasteiger partial charge in [0, 0.05) is 11.0 Å². The summed E-state index contributed by atoms with van der Waals surface area (Å²) < 4.78 is 30.4. The van der Waals surface area contributed by atoms with Crippen LogP contribution in [-0.4, -0.2) is 36.1 Å². The number of hydrogen-bond acceptors (Lipinski definition) is 5. The Morgan fingerprint density at radius 3 is 2.32 bits per heavy atom. The molecular weight excluding hydrogens is 374 g/mol. The molecule has 0 saturated heterocycles. The lowest BCUT2D eigenvalue weighted by Gasteiger charge is -2.32. The molecule has 0 spiro atoms. The summed E-state index contributed by atoms with van der Waals surface area (Å²) in [5.74, 6) is 1.52. The van der Waals surface area contributed by atoms with Crippen molar-refractivity contribution in [3.8, 4) is 17.1 Å². The van der Waals surface area contributed by atoms with E-state index in [1.807, 2.05) is 56.3 Å². The number of fused-ring (bicyclic) bond motifs is 1. The lowest BCUT2D eigenvalue weighted by atomic mass is 9.84. The highest BCUT2D eigenvalue weighted by Crippen LogP contribution is 2.33. The van der Waals surface area contributed by atoms with Crippen LogP contribution in [-0.2, 0) is 15.3 Å². The topological polar surface area (TPSA) is 98.1 Å². The molecule has 3 aromatic rings. The molecule has 0 fully saturated rings. The molecule has 3 N–H and O–H groups in total. The molecule has 0 amide bonds. The molecule has 0 aliphatic rings. The van der Waals surface area contributed by atoms with Crippen LogP contribution in [0.25, 0.3) is 22.4 Å². The van der Waals surface area contributed by atoms with Crippen LogP contribution in [0.5, 0.6) is 5.75 Å². The number of methoxy groups -OCH3 is 1. The largest absolute Gasteiger partial charge is 0.497 e. The lowest BCUT2D eigenvalue weighted by molar-refractivity contribution is 0.415. The van der Waals surface area contributed by atoms with Crippen LogP contribution in [0.1, 0.15) is 33.3 Å². The van der Waals surface area contributed by atoms with Crippen LogP contribution in [0.2, 0.25) is 0 Å². The zero-order chi connectivity index (χ0) is 20.7. The third-order valence-corrected chi connectivity index (χ3v) is 7.92. The number of sulfone groups is 1. The summed E-state index contributed by atoms with van der Waals surface area (Å²) >= 11 is 0. The SMILES string of the molecule is COc1ccc(-c2nc3ccc(C(C)(C)C(N)S(=O)(=O)C(C)C)cc3[nH]2)cc1. The minimum absolute atomic E-state index is 0.528. The molecule has 0 radical (unpaired) electrons. The van der Waals surface area contributed by atoms with Crippen LogP contribution >= 0.6 is 0 Å². The highest BCUT2D eigenvalue weighted by atomic mass is 32.2. The highest BCUT2D eigenvalue weighted by molar-refractivity contribution is 7.92. The molecule has 1 atom stereocenters. The van der Waals surface area contributed by atoms with Crippen molar-refractivity contribution in [2.24, 2.45) is 5.73 Å². The van der Waals surface area contributed by atoms with Gasteiger partial charge in [0.25, 0.3) is 0 Å². The zero-order valence-electron chi connectivity index (χ0n) is 16.9. The number of hydrogen-bond donors (Lipinski definition) is 2. The predicted octanol–water partition coefficient (Wildman–Crippen LogP) is 3.62. The van der Waals surface area contributed by atoms with Gasteiger partial charge in [0.1, 0.15) is 16.9 Å². The molecule has 1 aromatic heterocycles. The van der Waals surface area contributed by atoms with Crippen molar-refractivity contribution < 1.29 is 13.2 Å². The molecule has 28 heavy (non-hydrogen) atoms. The summed E-state index contributed by atoms with van der Waals surface area (Å²) in [4.78, 5) is 7.96. The highest BCUT2D eigenvalue weighted by Gasteiger charge is 2.39. The second-order valence-corrected chi connectivity index (χ2v) is 10.5. The van der Waals surface area contributed by atoms with Gasteiger partial charge in [-0.05, 0) is 55.8 Å². The number of benzene rings is 2. The number of ether oxygens (including phenoxy) is 1. The monoisotopic (exact) mass is 401 g/mol. The summed E-state index contributed by atoms with van der Waals surface area (Å²) in [6.07, 6.45) is 0. The fraction of sp³-hybridized carbons (Fsp3) is 0.381. The van der Waals surface area contributed by atoms with Crippen molar-refractivity contribution in [2.45, 2.75) is 43.7 Å². The number of aromatic nitrogens is 2. The van der Waals surface area contributed by atoms with E-state index in [4.69, 9.17) is 10.5 Å². The molecule has 6 nitrogen and oxygen atoms in total. The molecular formula is C21H27N3O3S. The van der Waals surface area contributed by atoms with Crippen molar-refractivity contribution in [3.63, 3.8) is 0 Å². The second-order valence-electron chi connectivity index (χ2n) is 7.83. The van der Waals surface area contributed by atoms with Crippen LogP contribution < -0.4 is 10.5 Å². The van der Waals surface area contributed by atoms with E-state index in [9.17, 15) is 8.42 Å². The Bertz CT molecular complexity index is 1080. The van der Waals surface area contributed by atoms with E-state index in [-0.39, 0.29) is 0 Å². The van der Waals surface area contributed by atoms with Gasteiger partial charge in [-0.2, -0.15) is 0 Å². The molecule has 1 unspecified atom stereocenters. The number of H-pyrrole nitrogens is 1. The number of imidazole rings is 1. The standard InChI is InChI=1S/C21H27N3O3S/c1-13(2)28(25,26)20(22)21(3,4)15-8-11-17-18(12-15)24-19(23-17)14-6-9-16(27-5)10-7-14/h6-13,20H,22H2,1-5H3,(H,23,24). The molecule has 0 aliphatic heterocycles. The maximum atomic E-state index is 12.6. The molecule has 2 aromatic carbocycles. The summed E-state index contributed by atoms with van der Waals surface area (Å²) in [5, 5.41) is -1.53. The summed E-state index contributed by atoms with van der Waals surface area (Å²) in [7, 11) is -1.81. The molecule has 0 saturated carbocycles. The first-order valence-corrected chi connectivity index (χ1v) is 10.8. The summed E-state index contributed by atoms with van der Waals surface area (Å²) in [6, 6.07) is 13.4. The molecule has 7 heteroatoms. The van der Waals surface area contributed by atoms with E-state index in [0.717, 1.165) is 33.7 Å². The first kappa shape index (κ1) is 20.4. The van der Waals surface area contributed by atoms with Gasteiger partial charge in [-0.15, -0.1) is 0 Å². The zero-order valence-corrected chi connectivity index (χ0v) is 17.7. The number of aromatic amines is 1. The Balaban J connectivity index is 2.00. The maximum absolute atomic E-state index is 12.6. The molecule has 150 valence electrons. The Morgan fingerprint density at radius 1 is 1.11 bits per heavy atom. The quantitative estimate of drug-likeness (QED) is 0.657. The fourth-order valence-electron chi connectivity index (χ4n) is 3.16. The fourth-order valence-corrected chi connectivity index (χ4v) is 4.71. The summed E-state index contributed by atoms with van der Waals surface area (Å²) in [5.41, 5.74) is 8.90. The molecule has 0 aliphatic carbocycles. The van der Waals surface area contributed by atoms with E-state index in [1.54, 1.807) is 21.0 Å². The first-order valence-electron chi connectivity index (χ1n) is 9.20. The number of nitrogens with one attached hydrogen (secondary N) is 1. The van der Waals surface area contributed by atoms with Gasteiger partial charge in [0.15, 0.2) is 9.84 Å². The van der Waals surface area contributed by atoms with Crippen LogP contribution in [0.15, 0.2) is 42.5 Å². The van der Waals surface area contributed by atoms with Crippen LogP contribution in [0.4, 0.5) is 0 Å². The maximum Gasteiger partial charge on any atom is 0.169 e. The smallest absolute Gasteiger partial charge is 0.169 e. The van der Waals surface area contributed by atoms with Crippen LogP contribution in [0, 0.1) is 0 Å². The Morgan fingerprint density at radius 2 is 1.75 bits per heavy atom. The molecule has 1 heterocycles. The molecule has 0 bridgehead atoms. The van der Waals surface area contributed by atoms with Gasteiger partial charge in [0.05, 0.1) is 23.4 Å². The Kier molecular flexibility index (Phi) is 5.25. The number of rotatable bonds is 6. The first-order chi connectivity index (χ1) is 13.1. The Labute approximate surface area is 166 Å². The predicted molar refractivity (Wildman–Crippen MR) is 113 cm³/mol. The van der Waals surface area contributed by atoms with Crippen molar-refractivity contribution in [1.29, 1.82) is 0 Å². The van der Waals surface area contributed by atoms with Crippen molar-refractivity contribution in [1.82, 2.24) is 9.97 Å². The normalized spacial score (nSPS) is 13.8. The average molecular weight is 402 g/mol.